The molecular weight excluding hydrogens is 276 g/mol. The Hall–Kier alpha value is -1.84. The SMILES string of the molecule is C[C@@H]1C[C@H](C)CN(C(=O)[C@@]2(C)CC(c3ccccc3)=NO2)C1. The third kappa shape index (κ3) is 2.87. The van der Waals surface area contributed by atoms with E-state index in [4.69, 9.17) is 4.84 Å². The van der Waals surface area contributed by atoms with Gasteiger partial charge in [0, 0.05) is 19.5 Å². The van der Waals surface area contributed by atoms with Crippen molar-refractivity contribution in [1.29, 1.82) is 0 Å². The summed E-state index contributed by atoms with van der Waals surface area (Å²) in [5, 5.41) is 4.18. The Morgan fingerprint density at radius 3 is 2.50 bits per heavy atom. The van der Waals surface area contributed by atoms with Gasteiger partial charge in [-0.1, -0.05) is 49.3 Å². The molecule has 2 heterocycles. The Kier molecular flexibility index (Phi) is 3.94. The first-order valence-electron chi connectivity index (χ1n) is 8.08. The second kappa shape index (κ2) is 5.75. The van der Waals surface area contributed by atoms with Crippen molar-refractivity contribution in [3.63, 3.8) is 0 Å². The van der Waals surface area contributed by atoms with Crippen LogP contribution in [0.25, 0.3) is 0 Å². The lowest BCUT2D eigenvalue weighted by atomic mass is 9.89. The van der Waals surface area contributed by atoms with Crippen molar-refractivity contribution in [3.05, 3.63) is 35.9 Å². The van der Waals surface area contributed by atoms with Gasteiger partial charge in [-0.05, 0) is 30.7 Å². The van der Waals surface area contributed by atoms with E-state index in [0.29, 0.717) is 18.3 Å². The molecule has 2 aliphatic heterocycles. The first-order valence-corrected chi connectivity index (χ1v) is 8.08. The maximum absolute atomic E-state index is 12.9. The molecule has 0 aromatic heterocycles. The summed E-state index contributed by atoms with van der Waals surface area (Å²) in [5.74, 6) is 1.17. The number of hydrogen-bond acceptors (Lipinski definition) is 3. The Balaban J connectivity index is 1.71. The van der Waals surface area contributed by atoms with E-state index in [9.17, 15) is 4.79 Å². The third-order valence-corrected chi connectivity index (χ3v) is 4.58. The number of amides is 1. The Morgan fingerprint density at radius 2 is 1.86 bits per heavy atom. The maximum Gasteiger partial charge on any atom is 0.269 e. The molecule has 0 radical (unpaired) electrons. The van der Waals surface area contributed by atoms with Gasteiger partial charge in [-0.3, -0.25) is 4.79 Å². The normalized spacial score (nSPS) is 31.6. The summed E-state index contributed by atoms with van der Waals surface area (Å²) in [5.41, 5.74) is 1.02. The van der Waals surface area contributed by atoms with Gasteiger partial charge in [0.2, 0.25) is 5.60 Å². The highest BCUT2D eigenvalue weighted by Crippen LogP contribution is 2.31. The molecule has 1 fully saturated rings. The number of hydrogen-bond donors (Lipinski definition) is 0. The number of oxime groups is 1. The summed E-state index contributed by atoms with van der Waals surface area (Å²) in [7, 11) is 0. The summed E-state index contributed by atoms with van der Waals surface area (Å²) in [6, 6.07) is 9.93. The van der Waals surface area contributed by atoms with Gasteiger partial charge in [-0.2, -0.15) is 0 Å². The average molecular weight is 300 g/mol. The van der Waals surface area contributed by atoms with Gasteiger partial charge in [-0.25, -0.2) is 0 Å². The van der Waals surface area contributed by atoms with Crippen LogP contribution in [-0.4, -0.2) is 35.2 Å². The monoisotopic (exact) mass is 300 g/mol. The van der Waals surface area contributed by atoms with Crippen LogP contribution in [0.3, 0.4) is 0 Å². The fourth-order valence-electron chi connectivity index (χ4n) is 3.60. The van der Waals surface area contributed by atoms with Gasteiger partial charge in [0.1, 0.15) is 0 Å². The smallest absolute Gasteiger partial charge is 0.269 e. The zero-order valence-electron chi connectivity index (χ0n) is 13.6. The molecule has 0 saturated carbocycles. The van der Waals surface area contributed by atoms with E-state index >= 15 is 0 Å². The second-order valence-electron chi connectivity index (χ2n) is 7.06. The molecule has 0 bridgehead atoms. The Labute approximate surface area is 132 Å². The summed E-state index contributed by atoms with van der Waals surface area (Å²) >= 11 is 0. The maximum atomic E-state index is 12.9. The minimum absolute atomic E-state index is 0.0700. The van der Waals surface area contributed by atoms with E-state index in [0.717, 1.165) is 24.4 Å². The van der Waals surface area contributed by atoms with E-state index in [-0.39, 0.29) is 5.91 Å². The van der Waals surface area contributed by atoms with E-state index < -0.39 is 5.60 Å². The largest absolute Gasteiger partial charge is 0.379 e. The summed E-state index contributed by atoms with van der Waals surface area (Å²) in [6.45, 7) is 7.92. The molecule has 0 spiro atoms. The molecule has 22 heavy (non-hydrogen) atoms. The zero-order chi connectivity index (χ0) is 15.7. The Bertz CT molecular complexity index is 574. The quantitative estimate of drug-likeness (QED) is 0.842. The number of carbonyl (C=O) groups excluding carboxylic acids is 1. The zero-order valence-corrected chi connectivity index (χ0v) is 13.6. The third-order valence-electron chi connectivity index (χ3n) is 4.58. The summed E-state index contributed by atoms with van der Waals surface area (Å²) in [6.07, 6.45) is 1.72. The predicted octanol–water partition coefficient (Wildman–Crippen LogP) is 3.07. The van der Waals surface area contributed by atoms with Crippen molar-refractivity contribution in [2.75, 3.05) is 13.1 Å². The molecule has 0 unspecified atom stereocenters. The van der Waals surface area contributed by atoms with Crippen molar-refractivity contribution < 1.29 is 9.63 Å². The number of carbonyl (C=O) groups is 1. The topological polar surface area (TPSA) is 41.9 Å². The van der Waals surface area contributed by atoms with E-state index in [2.05, 4.69) is 19.0 Å². The standard InChI is InChI=1S/C18H24N2O2/c1-13-9-14(2)12-20(11-13)17(21)18(3)10-16(19-22-18)15-7-5-4-6-8-15/h4-8,13-14H,9-12H2,1-3H3/t13-,14+,18-/m1/s1. The molecule has 1 saturated heterocycles. The molecule has 2 aliphatic rings. The van der Waals surface area contributed by atoms with Crippen LogP contribution in [-0.2, 0) is 9.63 Å². The lowest BCUT2D eigenvalue weighted by Crippen LogP contribution is -2.52. The van der Waals surface area contributed by atoms with Gasteiger partial charge in [0.05, 0.1) is 5.71 Å². The van der Waals surface area contributed by atoms with Crippen molar-refractivity contribution >= 4 is 11.6 Å². The second-order valence-corrected chi connectivity index (χ2v) is 7.06. The molecule has 0 aliphatic carbocycles. The first-order chi connectivity index (χ1) is 10.5. The minimum Gasteiger partial charge on any atom is -0.379 e. The van der Waals surface area contributed by atoms with Crippen LogP contribution < -0.4 is 0 Å². The van der Waals surface area contributed by atoms with Crippen molar-refractivity contribution in [2.45, 2.75) is 39.2 Å². The number of likely N-dealkylation sites (tertiary alicyclic amines) is 1. The van der Waals surface area contributed by atoms with Crippen LogP contribution in [0.15, 0.2) is 35.5 Å². The lowest BCUT2D eigenvalue weighted by molar-refractivity contribution is -0.156. The van der Waals surface area contributed by atoms with Crippen LogP contribution in [0.5, 0.6) is 0 Å². The first kappa shape index (κ1) is 15.1. The van der Waals surface area contributed by atoms with Crippen LogP contribution in [0.2, 0.25) is 0 Å². The van der Waals surface area contributed by atoms with E-state index in [1.165, 1.54) is 6.42 Å². The van der Waals surface area contributed by atoms with Crippen molar-refractivity contribution in [1.82, 2.24) is 4.90 Å². The molecule has 1 aromatic rings. The van der Waals surface area contributed by atoms with E-state index in [1.807, 2.05) is 42.2 Å². The van der Waals surface area contributed by atoms with Gasteiger partial charge in [0.15, 0.2) is 0 Å². The molecule has 4 nitrogen and oxygen atoms in total. The molecule has 1 aromatic carbocycles. The predicted molar refractivity (Wildman–Crippen MR) is 86.6 cm³/mol. The molecule has 3 atom stereocenters. The fraction of sp³-hybridized carbons (Fsp3) is 0.556. The average Bonchev–Trinajstić information content (AvgIpc) is 2.90. The molecule has 4 heteroatoms. The van der Waals surface area contributed by atoms with Gasteiger partial charge >= 0.3 is 0 Å². The van der Waals surface area contributed by atoms with Crippen molar-refractivity contribution in [2.24, 2.45) is 17.0 Å². The number of benzene rings is 1. The number of nitrogens with zero attached hydrogens (tertiary/aromatic N) is 2. The van der Waals surface area contributed by atoms with Crippen molar-refractivity contribution in [3.8, 4) is 0 Å². The number of rotatable bonds is 2. The molecule has 3 rings (SSSR count). The van der Waals surface area contributed by atoms with Crippen LogP contribution in [0, 0.1) is 11.8 Å². The highest BCUT2D eigenvalue weighted by atomic mass is 16.7. The summed E-state index contributed by atoms with van der Waals surface area (Å²) in [4.78, 5) is 20.5. The highest BCUT2D eigenvalue weighted by molar-refractivity contribution is 6.05. The molecule has 118 valence electrons. The highest BCUT2D eigenvalue weighted by Gasteiger charge is 2.45. The van der Waals surface area contributed by atoms with Gasteiger partial charge < -0.3 is 9.74 Å². The lowest BCUT2D eigenvalue weighted by Gasteiger charge is -2.38. The Morgan fingerprint density at radius 1 is 1.23 bits per heavy atom. The minimum atomic E-state index is -0.859. The summed E-state index contributed by atoms with van der Waals surface area (Å²) < 4.78 is 0. The van der Waals surface area contributed by atoms with Crippen LogP contribution in [0.1, 0.15) is 39.2 Å². The fourth-order valence-corrected chi connectivity index (χ4v) is 3.60. The molecule has 0 N–H and O–H groups in total. The van der Waals surface area contributed by atoms with Gasteiger partial charge in [-0.15, -0.1) is 0 Å². The number of piperidine rings is 1. The van der Waals surface area contributed by atoms with E-state index in [1.54, 1.807) is 0 Å². The van der Waals surface area contributed by atoms with Crippen LogP contribution >= 0.6 is 0 Å². The van der Waals surface area contributed by atoms with Crippen LogP contribution in [0.4, 0.5) is 0 Å². The molecule has 1 amide bonds. The molecular formula is C18H24N2O2. The van der Waals surface area contributed by atoms with Gasteiger partial charge in [0.25, 0.3) is 5.91 Å².